The molecule has 0 bridgehead atoms. The van der Waals surface area contributed by atoms with E-state index in [0.29, 0.717) is 24.6 Å². The molecule has 0 aliphatic carbocycles. The van der Waals surface area contributed by atoms with Gasteiger partial charge in [-0.15, -0.1) is 0 Å². The molecule has 4 aromatic rings. The van der Waals surface area contributed by atoms with Gasteiger partial charge in [-0.2, -0.15) is 0 Å². The number of amides is 1. The van der Waals surface area contributed by atoms with Crippen molar-refractivity contribution in [2.45, 2.75) is 44.7 Å². The molecule has 6 rings (SSSR count). The number of nitrogens with one attached hydrogen (secondary N) is 1. The summed E-state index contributed by atoms with van der Waals surface area (Å²) in [5.74, 6) is 0.264. The number of carbonyl (C=O) groups excluding carboxylic acids is 2. The fraction of sp³-hybridized carbons (Fsp3) is 0.294. The first kappa shape index (κ1) is 25.3. The second kappa shape index (κ2) is 9.65. The van der Waals surface area contributed by atoms with Gasteiger partial charge in [0.25, 0.3) is 5.91 Å². The maximum Gasteiger partial charge on any atom is 0.294 e. The van der Waals surface area contributed by atoms with Gasteiger partial charge in [-0.3, -0.25) is 9.59 Å². The molecule has 1 fully saturated rings. The number of anilines is 1. The maximum atomic E-state index is 14.8. The molecule has 5 nitrogen and oxygen atoms in total. The van der Waals surface area contributed by atoms with Gasteiger partial charge in [-0.25, -0.2) is 0 Å². The molecule has 1 saturated heterocycles. The van der Waals surface area contributed by atoms with Crippen molar-refractivity contribution < 1.29 is 18.9 Å². The summed E-state index contributed by atoms with van der Waals surface area (Å²) in [6, 6.07) is 27.9. The lowest BCUT2D eigenvalue weighted by molar-refractivity contribution is -0.918. The van der Waals surface area contributed by atoms with Crippen LogP contribution in [0.1, 0.15) is 64.1 Å². The smallest absolute Gasteiger partial charge is 0.294 e. The number of quaternary nitrogens is 1. The monoisotopic (exact) mass is 519 g/mol. The molecule has 3 aromatic carbocycles. The molecule has 0 radical (unpaired) electrons. The van der Waals surface area contributed by atoms with Crippen LogP contribution in [0.25, 0.3) is 0 Å². The first-order valence-corrected chi connectivity index (χ1v) is 13.8. The Morgan fingerprint density at radius 1 is 1.00 bits per heavy atom. The lowest BCUT2D eigenvalue weighted by Gasteiger charge is -2.32. The van der Waals surface area contributed by atoms with Crippen molar-refractivity contribution in [2.24, 2.45) is 5.92 Å². The lowest BCUT2D eigenvalue weighted by atomic mass is 9.71. The number of Topliss-reactive ketones (excluding diaryl/α,β-unsaturated/α-hetero) is 1. The van der Waals surface area contributed by atoms with E-state index in [0.717, 1.165) is 33.0 Å². The molecule has 1 amide bonds. The third kappa shape index (κ3) is 3.87. The van der Waals surface area contributed by atoms with E-state index in [2.05, 4.69) is 40.0 Å². The number of hydrogen-bond donors (Lipinski definition) is 1. The van der Waals surface area contributed by atoms with Crippen LogP contribution >= 0.6 is 0 Å². The van der Waals surface area contributed by atoms with E-state index in [9.17, 15) is 9.59 Å². The molecule has 4 atom stereocenters. The van der Waals surface area contributed by atoms with E-state index in [-0.39, 0.29) is 17.6 Å². The molecular weight excluding hydrogens is 484 g/mol. The fourth-order valence-electron chi connectivity index (χ4n) is 6.84. The van der Waals surface area contributed by atoms with E-state index in [4.69, 9.17) is 4.42 Å². The van der Waals surface area contributed by atoms with Gasteiger partial charge in [-0.05, 0) is 47.7 Å². The minimum atomic E-state index is -1.05. The Balaban J connectivity index is 1.51. The molecule has 1 spiro atoms. The first-order chi connectivity index (χ1) is 18.8. The van der Waals surface area contributed by atoms with Crippen molar-refractivity contribution >= 4 is 17.4 Å². The molecular formula is C34H35N2O3+. The summed E-state index contributed by atoms with van der Waals surface area (Å²) in [5, 5.41) is 0. The van der Waals surface area contributed by atoms with Gasteiger partial charge in [0.05, 0.1) is 38.0 Å². The zero-order valence-corrected chi connectivity index (χ0v) is 23.0. The van der Waals surface area contributed by atoms with Crippen LogP contribution in [0.4, 0.5) is 5.69 Å². The van der Waals surface area contributed by atoms with E-state index < -0.39 is 11.5 Å². The predicted molar refractivity (Wildman–Crippen MR) is 152 cm³/mol. The number of likely N-dealkylation sites (tertiary alicyclic amines) is 1. The molecule has 1 N–H and O–H groups in total. The van der Waals surface area contributed by atoms with Gasteiger partial charge in [0.1, 0.15) is 11.7 Å². The largest absolute Gasteiger partial charge is 0.469 e. The summed E-state index contributed by atoms with van der Waals surface area (Å²) in [4.78, 5) is 32.3. The van der Waals surface area contributed by atoms with E-state index in [1.807, 2.05) is 77.7 Å². The topological polar surface area (TPSA) is 55.0 Å². The Labute approximate surface area is 230 Å². The van der Waals surface area contributed by atoms with Crippen LogP contribution in [0, 0.1) is 12.8 Å². The summed E-state index contributed by atoms with van der Waals surface area (Å²) < 4.78 is 5.91. The van der Waals surface area contributed by atoms with Crippen molar-refractivity contribution in [1.82, 2.24) is 0 Å². The van der Waals surface area contributed by atoms with Gasteiger partial charge in [0.2, 0.25) is 5.54 Å². The number of ketones is 1. The Morgan fingerprint density at radius 3 is 2.41 bits per heavy atom. The zero-order valence-electron chi connectivity index (χ0n) is 23.0. The highest BCUT2D eigenvalue weighted by Gasteiger charge is 2.70. The number of likely N-dealkylation sites (N-methyl/N-ethyl adjacent to an activating group) is 1. The number of aryl methyl sites for hydroxylation is 1. The number of carbonyl (C=O) groups is 2. The van der Waals surface area contributed by atoms with Gasteiger partial charge < -0.3 is 14.2 Å². The normalized spacial score (nSPS) is 24.1. The number of hydrogen-bond acceptors (Lipinski definition) is 3. The third-order valence-electron chi connectivity index (χ3n) is 8.91. The van der Waals surface area contributed by atoms with Gasteiger partial charge >= 0.3 is 0 Å². The van der Waals surface area contributed by atoms with Crippen molar-refractivity contribution in [3.8, 4) is 0 Å². The number of nitrogens with zero attached hydrogens (tertiary/aromatic N) is 1. The molecule has 1 aromatic heterocycles. The Hall–Kier alpha value is -3.96. The van der Waals surface area contributed by atoms with Gasteiger partial charge in [0.15, 0.2) is 5.78 Å². The standard InChI is InChI=1S/C34H34N2O3/c1-22(2)24-15-17-25(18-16-24)32(37)31-27(30-14-9-19-39-30)21-35(4)34(31)28-12-7-8-13-29(28)36(33(34)38)20-26-11-6-5-10-23(26)3/h5-19,22,27,31H,20-21H2,1-4H3/p+1. The van der Waals surface area contributed by atoms with Crippen LogP contribution < -0.4 is 9.80 Å². The number of furan rings is 1. The molecule has 0 saturated carbocycles. The summed E-state index contributed by atoms with van der Waals surface area (Å²) in [5.41, 5.74) is 4.82. The van der Waals surface area contributed by atoms with Crippen LogP contribution in [0.5, 0.6) is 0 Å². The minimum absolute atomic E-state index is 0.00977. The Kier molecular flexibility index (Phi) is 6.27. The molecule has 3 heterocycles. The number of benzene rings is 3. The number of para-hydroxylation sites is 1. The fourth-order valence-corrected chi connectivity index (χ4v) is 6.84. The lowest BCUT2D eigenvalue weighted by Crippen LogP contribution is -3.16. The van der Waals surface area contributed by atoms with Crippen LogP contribution in [-0.2, 0) is 16.9 Å². The van der Waals surface area contributed by atoms with Crippen LogP contribution in [0.15, 0.2) is 95.6 Å². The van der Waals surface area contributed by atoms with Crippen molar-refractivity contribution in [3.05, 3.63) is 125 Å². The van der Waals surface area contributed by atoms with Gasteiger partial charge in [0, 0.05) is 11.1 Å². The average Bonchev–Trinajstić information content (AvgIpc) is 3.64. The molecule has 198 valence electrons. The molecule has 4 unspecified atom stereocenters. The average molecular weight is 520 g/mol. The summed E-state index contributed by atoms with van der Waals surface area (Å²) in [7, 11) is 2.05. The highest BCUT2D eigenvalue weighted by molar-refractivity contribution is 6.12. The predicted octanol–water partition coefficient (Wildman–Crippen LogP) is 5.26. The SMILES string of the molecule is Cc1ccccc1CN1C(=O)C2(c3ccccc31)C(C(=O)c1ccc(C(C)C)cc1)C(c1ccco1)C[NH+]2C. The first-order valence-electron chi connectivity index (χ1n) is 13.8. The Bertz CT molecular complexity index is 1520. The van der Waals surface area contributed by atoms with Crippen LogP contribution in [-0.4, -0.2) is 25.3 Å². The van der Waals surface area contributed by atoms with E-state index >= 15 is 0 Å². The van der Waals surface area contributed by atoms with Crippen molar-refractivity contribution in [3.63, 3.8) is 0 Å². The van der Waals surface area contributed by atoms with E-state index in [1.54, 1.807) is 6.26 Å². The summed E-state index contributed by atoms with van der Waals surface area (Å²) in [6.07, 6.45) is 1.66. The highest BCUT2D eigenvalue weighted by atomic mass is 16.3. The highest BCUT2D eigenvalue weighted by Crippen LogP contribution is 2.51. The maximum absolute atomic E-state index is 14.8. The van der Waals surface area contributed by atoms with E-state index in [1.165, 1.54) is 5.56 Å². The second-order valence-electron chi connectivity index (χ2n) is 11.4. The Morgan fingerprint density at radius 2 is 1.72 bits per heavy atom. The number of fused-ring (bicyclic) bond motifs is 2. The van der Waals surface area contributed by atoms with Crippen molar-refractivity contribution in [1.29, 1.82) is 0 Å². The van der Waals surface area contributed by atoms with Crippen LogP contribution in [0.3, 0.4) is 0 Å². The second-order valence-corrected chi connectivity index (χ2v) is 11.4. The molecule has 5 heteroatoms. The quantitative estimate of drug-likeness (QED) is 0.354. The molecule has 2 aliphatic rings. The minimum Gasteiger partial charge on any atom is -0.469 e. The van der Waals surface area contributed by atoms with Gasteiger partial charge in [-0.1, -0.05) is 80.6 Å². The summed E-state index contributed by atoms with van der Waals surface area (Å²) >= 11 is 0. The molecule has 2 aliphatic heterocycles. The number of rotatable bonds is 6. The molecule has 39 heavy (non-hydrogen) atoms. The summed E-state index contributed by atoms with van der Waals surface area (Å²) in [6.45, 7) is 7.44. The van der Waals surface area contributed by atoms with Crippen LogP contribution in [0.2, 0.25) is 0 Å². The van der Waals surface area contributed by atoms with Crippen molar-refractivity contribution in [2.75, 3.05) is 18.5 Å². The zero-order chi connectivity index (χ0) is 27.3. The third-order valence-corrected chi connectivity index (χ3v) is 8.91.